The third-order valence-electron chi connectivity index (χ3n) is 0.563. The van der Waals surface area contributed by atoms with E-state index in [0.717, 1.165) is 12.3 Å². The van der Waals surface area contributed by atoms with E-state index in [0.29, 0.717) is 0 Å². The van der Waals surface area contributed by atoms with Gasteiger partial charge in [0.25, 0.3) is 0 Å². The summed E-state index contributed by atoms with van der Waals surface area (Å²) >= 11 is -2.00. The zero-order valence-electron chi connectivity index (χ0n) is 5.28. The van der Waals surface area contributed by atoms with Crippen molar-refractivity contribution >= 4 is 33.7 Å². The Morgan fingerprint density at radius 2 is 2.12 bits per heavy atom. The van der Waals surface area contributed by atoms with E-state index in [9.17, 15) is 0 Å². The summed E-state index contributed by atoms with van der Waals surface area (Å²) in [6.07, 6.45) is 0. The van der Waals surface area contributed by atoms with Crippen LogP contribution in [-0.4, -0.2) is 28.2 Å². The molecule has 1 nitrogen and oxygen atoms in total. The summed E-state index contributed by atoms with van der Waals surface area (Å²) in [5.74, 6) is 1.03. The molecule has 0 aliphatic rings. The third kappa shape index (κ3) is 7.40. The first-order chi connectivity index (χ1) is 3.56. The van der Waals surface area contributed by atoms with E-state index >= 15 is 0 Å². The monoisotopic (exact) mass is 261 g/mol. The van der Waals surface area contributed by atoms with Crippen LogP contribution in [0.15, 0.2) is 0 Å². The van der Waals surface area contributed by atoms with Gasteiger partial charge in [-0.15, -0.1) is 0 Å². The van der Waals surface area contributed by atoms with Crippen LogP contribution in [0.2, 0.25) is 9.88 Å². The molecule has 0 heterocycles. The molecule has 0 aromatic carbocycles. The number of hydrogen-bond acceptors (Lipinski definition) is 2. The summed E-state index contributed by atoms with van der Waals surface area (Å²) in [6, 6.07) is 0. The average Bonchev–Trinajstić information content (AvgIpc) is 1.59. The molecule has 0 aromatic rings. The van der Waals surface area contributed by atoms with Gasteiger partial charge in [-0.2, -0.15) is 0 Å². The van der Waals surface area contributed by atoms with Crippen molar-refractivity contribution < 1.29 is 0 Å². The number of nitrogens with two attached hydrogens (primary N) is 1. The van der Waals surface area contributed by atoms with Gasteiger partial charge < -0.3 is 0 Å². The van der Waals surface area contributed by atoms with Crippen molar-refractivity contribution in [2.45, 2.75) is 9.88 Å². The molecule has 0 fully saturated rings. The molecule has 0 amide bonds. The van der Waals surface area contributed by atoms with Crippen LogP contribution in [0.1, 0.15) is 0 Å². The molecule has 0 bridgehead atoms. The van der Waals surface area contributed by atoms with Crippen molar-refractivity contribution in [3.8, 4) is 0 Å². The van der Waals surface area contributed by atoms with E-state index in [1.54, 1.807) is 0 Å². The van der Waals surface area contributed by atoms with Gasteiger partial charge in [-0.3, -0.25) is 0 Å². The number of rotatable bonds is 3. The second kappa shape index (κ2) is 4.25. The predicted molar refractivity (Wildman–Crippen MR) is 44.8 cm³/mol. The third-order valence-corrected chi connectivity index (χ3v) is 11.5. The Kier molecular flexibility index (Phi) is 5.00. The molecule has 0 saturated carbocycles. The minimum atomic E-state index is -2.00. The van der Waals surface area contributed by atoms with E-state index in [1.807, 2.05) is 8.95 Å². The van der Waals surface area contributed by atoms with Crippen LogP contribution in [0.4, 0.5) is 0 Å². The van der Waals surface area contributed by atoms with Gasteiger partial charge in [0.05, 0.1) is 0 Å². The van der Waals surface area contributed by atoms with Crippen LogP contribution in [0.5, 0.6) is 0 Å². The Bertz CT molecular complexity index is 63.5. The molecule has 0 rings (SSSR count). The van der Waals surface area contributed by atoms with Gasteiger partial charge in [-0.05, 0) is 0 Å². The molecule has 0 saturated heterocycles. The van der Waals surface area contributed by atoms with Crippen molar-refractivity contribution in [3.05, 3.63) is 0 Å². The summed E-state index contributed by atoms with van der Waals surface area (Å²) in [5, 5.41) is 0. The zero-order chi connectivity index (χ0) is 6.62. The average molecular weight is 260 g/mol. The van der Waals surface area contributed by atoms with Gasteiger partial charge >= 0.3 is 61.6 Å². The Morgan fingerprint density at radius 3 is 2.25 bits per heavy atom. The summed E-state index contributed by atoms with van der Waals surface area (Å²) in [6.45, 7) is 0.762. The summed E-state index contributed by atoms with van der Waals surface area (Å²) in [7, 11) is 7.91. The molecule has 50 valence electrons. The first kappa shape index (κ1) is 9.40. The van der Waals surface area contributed by atoms with Crippen LogP contribution in [0, 0.1) is 0 Å². The fraction of sp³-hybridized carbons (Fsp3) is 1.00. The molecular weight excluding hydrogens is 248 g/mol. The summed E-state index contributed by atoms with van der Waals surface area (Å²) in [5.41, 5.74) is 5.29. The first-order valence-corrected chi connectivity index (χ1v) is 16.4. The summed E-state index contributed by atoms with van der Waals surface area (Å²) in [4.78, 5) is 4.35. The minimum absolute atomic E-state index is 0.762. The van der Waals surface area contributed by atoms with Crippen molar-refractivity contribution in [2.24, 2.45) is 5.73 Å². The van der Waals surface area contributed by atoms with Crippen LogP contribution < -0.4 is 5.73 Å². The van der Waals surface area contributed by atoms with E-state index in [2.05, 4.69) is 9.88 Å². The van der Waals surface area contributed by atoms with Gasteiger partial charge in [0.15, 0.2) is 0 Å². The van der Waals surface area contributed by atoms with Gasteiger partial charge in [-0.1, -0.05) is 0 Å². The molecule has 0 spiro atoms. The SMILES string of the molecule is [CH3][Sn]([CH3])([Cl])[S]CCN. The second-order valence-corrected chi connectivity index (χ2v) is 27.6. The van der Waals surface area contributed by atoms with E-state index in [-0.39, 0.29) is 0 Å². The molecule has 0 aliphatic carbocycles. The van der Waals surface area contributed by atoms with E-state index in [1.165, 1.54) is 0 Å². The van der Waals surface area contributed by atoms with E-state index in [4.69, 9.17) is 14.7 Å². The summed E-state index contributed by atoms with van der Waals surface area (Å²) < 4.78 is 0. The van der Waals surface area contributed by atoms with Crippen LogP contribution >= 0.6 is 17.9 Å². The molecule has 0 aliphatic heterocycles. The quantitative estimate of drug-likeness (QED) is 0.780. The second-order valence-electron chi connectivity index (χ2n) is 2.00. The molecule has 0 radical (unpaired) electrons. The van der Waals surface area contributed by atoms with Crippen molar-refractivity contribution in [1.82, 2.24) is 0 Å². The molecular formula is C4H12ClNSSn. The zero-order valence-corrected chi connectivity index (χ0v) is 9.70. The Labute approximate surface area is 61.4 Å². The van der Waals surface area contributed by atoms with Crippen molar-refractivity contribution in [2.75, 3.05) is 12.3 Å². The molecule has 0 atom stereocenters. The number of hydrogen-bond donors (Lipinski definition) is 1. The van der Waals surface area contributed by atoms with Crippen molar-refractivity contribution in [1.29, 1.82) is 0 Å². The first-order valence-electron chi connectivity index (χ1n) is 2.59. The van der Waals surface area contributed by atoms with E-state index < -0.39 is 15.9 Å². The Morgan fingerprint density at radius 1 is 1.62 bits per heavy atom. The Balaban J connectivity index is 3.11. The maximum atomic E-state index is 6.03. The normalized spacial score (nSPS) is 12.0. The standard InChI is InChI=1S/C2H7NS.2CH3.ClH.Sn/c3-1-2-4;;;;/h4H,1-3H2;2*1H3;1H;/q;;;;+2/p-2. The Hall–Kier alpha value is 1.40. The molecule has 4 heteroatoms. The van der Waals surface area contributed by atoms with Gasteiger partial charge in [0, 0.05) is 0 Å². The van der Waals surface area contributed by atoms with Crippen LogP contribution in [0.3, 0.4) is 0 Å². The van der Waals surface area contributed by atoms with Gasteiger partial charge in [0.2, 0.25) is 0 Å². The molecule has 0 aromatic heterocycles. The molecule has 8 heavy (non-hydrogen) atoms. The predicted octanol–water partition coefficient (Wildman–Crippen LogP) is 1.62. The topological polar surface area (TPSA) is 26.0 Å². The number of halogens is 1. The van der Waals surface area contributed by atoms with Gasteiger partial charge in [-0.25, -0.2) is 0 Å². The van der Waals surface area contributed by atoms with Crippen LogP contribution in [0.25, 0.3) is 0 Å². The molecule has 0 unspecified atom stereocenters. The van der Waals surface area contributed by atoms with Gasteiger partial charge in [0.1, 0.15) is 0 Å². The van der Waals surface area contributed by atoms with Crippen molar-refractivity contribution in [3.63, 3.8) is 0 Å². The fourth-order valence-electron chi connectivity index (χ4n) is 0.302. The van der Waals surface area contributed by atoms with Crippen LogP contribution in [-0.2, 0) is 0 Å². The fourth-order valence-corrected chi connectivity index (χ4v) is 7.62. The maximum absolute atomic E-state index is 6.03. The molecule has 2 N–H and O–H groups in total.